The number of hydrazine groups is 1. The van der Waals surface area contributed by atoms with Crippen molar-refractivity contribution in [2.75, 3.05) is 0 Å². The molecule has 0 saturated heterocycles. The predicted molar refractivity (Wildman–Crippen MR) is 117 cm³/mol. The highest BCUT2D eigenvalue weighted by Gasteiger charge is 2.51. The number of nitrogens with zero attached hydrogens (tertiary/aromatic N) is 1. The minimum absolute atomic E-state index is 0.0948. The van der Waals surface area contributed by atoms with E-state index in [9.17, 15) is 14.4 Å². The van der Waals surface area contributed by atoms with Gasteiger partial charge in [-0.3, -0.25) is 25.2 Å². The van der Waals surface area contributed by atoms with Crippen molar-refractivity contribution in [3.8, 4) is 0 Å². The van der Waals surface area contributed by atoms with E-state index in [1.807, 2.05) is 30.3 Å². The van der Waals surface area contributed by atoms with Crippen LogP contribution >= 0.6 is 0 Å². The van der Waals surface area contributed by atoms with Crippen LogP contribution in [0.5, 0.6) is 0 Å². The van der Waals surface area contributed by atoms with Crippen LogP contribution in [-0.4, -0.2) is 22.6 Å². The first-order chi connectivity index (χ1) is 14.9. The molecular weight excluding hydrogens is 390 g/mol. The molecule has 0 spiro atoms. The summed E-state index contributed by atoms with van der Waals surface area (Å²) >= 11 is 0. The van der Waals surface area contributed by atoms with Gasteiger partial charge in [-0.1, -0.05) is 24.3 Å². The number of hydrogen-bond donors (Lipinski definition) is 2. The van der Waals surface area contributed by atoms with E-state index in [-0.39, 0.29) is 35.6 Å². The molecule has 6 rings (SSSR count). The molecule has 31 heavy (non-hydrogen) atoms. The van der Waals surface area contributed by atoms with Crippen molar-refractivity contribution in [3.63, 3.8) is 0 Å². The van der Waals surface area contributed by atoms with E-state index in [0.717, 1.165) is 28.9 Å². The molecule has 6 heteroatoms. The summed E-state index contributed by atoms with van der Waals surface area (Å²) in [5, 5.41) is 0. The van der Waals surface area contributed by atoms with Gasteiger partial charge in [-0.25, -0.2) is 0 Å². The lowest BCUT2D eigenvalue weighted by Crippen LogP contribution is -2.50. The third kappa shape index (κ3) is 4.00. The third-order valence-electron chi connectivity index (χ3n) is 7.89. The maximum Gasteiger partial charge on any atom is 0.240 e. The Hall–Kier alpha value is -2.63. The van der Waals surface area contributed by atoms with Crippen LogP contribution in [0.2, 0.25) is 0 Å². The molecule has 1 unspecified atom stereocenters. The maximum absolute atomic E-state index is 12.7. The van der Waals surface area contributed by atoms with Crippen molar-refractivity contribution < 1.29 is 14.4 Å². The van der Waals surface area contributed by atoms with E-state index in [0.29, 0.717) is 6.42 Å². The lowest BCUT2D eigenvalue weighted by atomic mass is 9.49. The fourth-order valence-electron chi connectivity index (χ4n) is 7.17. The Morgan fingerprint density at radius 2 is 1.58 bits per heavy atom. The number of benzene rings is 1. The number of nitrogens with one attached hydrogen (secondary N) is 2. The van der Waals surface area contributed by atoms with Crippen molar-refractivity contribution >= 4 is 23.8 Å². The van der Waals surface area contributed by atoms with E-state index < -0.39 is 0 Å². The number of amides is 3. The Bertz CT molecular complexity index is 902. The fraction of sp³-hybridized carbons (Fsp3) is 0.560. The zero-order valence-electron chi connectivity index (χ0n) is 18.1. The highest BCUT2D eigenvalue weighted by atomic mass is 16.2. The normalized spacial score (nSPS) is 32.5. The molecule has 4 saturated carbocycles. The van der Waals surface area contributed by atoms with Gasteiger partial charge in [-0.05, 0) is 78.9 Å². The molecule has 4 bridgehead atoms. The molecule has 5 aliphatic rings. The third-order valence-corrected chi connectivity index (χ3v) is 7.89. The first-order valence-electron chi connectivity index (χ1n) is 11.5. The van der Waals surface area contributed by atoms with E-state index in [2.05, 4.69) is 10.9 Å². The standard InChI is InChI=1S/C25H31N3O3/c1-16(29)28-7-6-20-4-2-3-5-21(20)22(28)11-23(30)26-27-24(31)15-25-12-17-8-18(13-25)10-19(9-17)14-25/h2-7,17-19,22H,8-15H2,1H3,(H,26,30)(H,27,31). The van der Waals surface area contributed by atoms with Crippen LogP contribution in [0.1, 0.15) is 75.5 Å². The summed E-state index contributed by atoms with van der Waals surface area (Å²) in [6, 6.07) is 7.39. The van der Waals surface area contributed by atoms with Crippen LogP contribution in [0.3, 0.4) is 0 Å². The van der Waals surface area contributed by atoms with Gasteiger partial charge in [-0.15, -0.1) is 0 Å². The molecule has 6 nitrogen and oxygen atoms in total. The van der Waals surface area contributed by atoms with Gasteiger partial charge < -0.3 is 4.90 Å². The van der Waals surface area contributed by atoms with Crippen molar-refractivity contribution in [1.82, 2.24) is 15.8 Å². The Morgan fingerprint density at radius 3 is 2.23 bits per heavy atom. The van der Waals surface area contributed by atoms with Crippen LogP contribution in [0.15, 0.2) is 30.5 Å². The Balaban J connectivity index is 1.18. The summed E-state index contributed by atoms with van der Waals surface area (Å²) in [6.45, 7) is 1.50. The van der Waals surface area contributed by atoms with Crippen molar-refractivity contribution in [2.45, 2.75) is 64.3 Å². The van der Waals surface area contributed by atoms with Crippen LogP contribution in [0.25, 0.3) is 6.08 Å². The summed E-state index contributed by atoms with van der Waals surface area (Å²) in [5.41, 5.74) is 7.34. The zero-order chi connectivity index (χ0) is 21.6. The van der Waals surface area contributed by atoms with E-state index in [1.54, 1.807) is 11.1 Å². The summed E-state index contributed by atoms with van der Waals surface area (Å²) in [7, 11) is 0. The molecule has 0 aromatic heterocycles. The number of carbonyl (C=O) groups excluding carboxylic acids is 3. The highest BCUT2D eigenvalue weighted by Crippen LogP contribution is 2.61. The topological polar surface area (TPSA) is 78.5 Å². The molecule has 2 N–H and O–H groups in total. The van der Waals surface area contributed by atoms with Gasteiger partial charge in [0.2, 0.25) is 17.7 Å². The van der Waals surface area contributed by atoms with Gasteiger partial charge in [0.25, 0.3) is 0 Å². The van der Waals surface area contributed by atoms with Gasteiger partial charge in [-0.2, -0.15) is 0 Å². The van der Waals surface area contributed by atoms with Crippen LogP contribution in [-0.2, 0) is 14.4 Å². The first kappa shape index (κ1) is 20.3. The smallest absolute Gasteiger partial charge is 0.240 e. The number of rotatable bonds is 4. The molecule has 1 aromatic rings. The van der Waals surface area contributed by atoms with Gasteiger partial charge >= 0.3 is 0 Å². The predicted octanol–water partition coefficient (Wildman–Crippen LogP) is 3.70. The lowest BCUT2D eigenvalue weighted by molar-refractivity contribution is -0.135. The molecule has 4 fully saturated rings. The summed E-state index contributed by atoms with van der Waals surface area (Å²) < 4.78 is 0. The first-order valence-corrected chi connectivity index (χ1v) is 11.5. The molecule has 4 aliphatic carbocycles. The molecule has 3 amide bonds. The summed E-state index contributed by atoms with van der Waals surface area (Å²) in [5.74, 6) is 1.89. The molecule has 1 heterocycles. The molecule has 1 aromatic carbocycles. The van der Waals surface area contributed by atoms with Crippen LogP contribution in [0.4, 0.5) is 0 Å². The molecule has 1 atom stereocenters. The molecule has 0 radical (unpaired) electrons. The number of carbonyl (C=O) groups is 3. The maximum atomic E-state index is 12.7. The largest absolute Gasteiger partial charge is 0.311 e. The summed E-state index contributed by atoms with van der Waals surface area (Å²) in [6.07, 6.45) is 11.8. The Morgan fingerprint density at radius 1 is 0.968 bits per heavy atom. The number of hydrogen-bond acceptors (Lipinski definition) is 3. The van der Waals surface area contributed by atoms with Crippen molar-refractivity contribution in [2.24, 2.45) is 23.2 Å². The second-order valence-electron chi connectivity index (χ2n) is 10.3. The average Bonchev–Trinajstić information content (AvgIpc) is 2.71. The Labute approximate surface area is 183 Å². The monoisotopic (exact) mass is 421 g/mol. The van der Waals surface area contributed by atoms with Crippen molar-refractivity contribution in [3.05, 3.63) is 41.6 Å². The zero-order valence-corrected chi connectivity index (χ0v) is 18.1. The van der Waals surface area contributed by atoms with Crippen LogP contribution in [0, 0.1) is 23.2 Å². The second-order valence-corrected chi connectivity index (χ2v) is 10.3. The fourth-order valence-corrected chi connectivity index (χ4v) is 7.17. The quantitative estimate of drug-likeness (QED) is 0.728. The minimum atomic E-state index is -0.376. The highest BCUT2D eigenvalue weighted by molar-refractivity contribution is 5.84. The van der Waals surface area contributed by atoms with Gasteiger partial charge in [0, 0.05) is 19.5 Å². The van der Waals surface area contributed by atoms with Gasteiger partial charge in [0.05, 0.1) is 12.5 Å². The summed E-state index contributed by atoms with van der Waals surface area (Å²) in [4.78, 5) is 39.0. The SMILES string of the molecule is CC(=O)N1C=Cc2ccccc2C1CC(=O)NNC(=O)CC12CC3CC(CC(C3)C1)C2. The van der Waals surface area contributed by atoms with E-state index >= 15 is 0 Å². The van der Waals surface area contributed by atoms with E-state index in [4.69, 9.17) is 0 Å². The molecular formula is C25H31N3O3. The lowest BCUT2D eigenvalue weighted by Gasteiger charge is -2.56. The average molecular weight is 422 g/mol. The molecule has 164 valence electrons. The van der Waals surface area contributed by atoms with Gasteiger partial charge in [0.1, 0.15) is 0 Å². The number of fused-ring (bicyclic) bond motifs is 1. The Kier molecular flexibility index (Phi) is 5.11. The minimum Gasteiger partial charge on any atom is -0.311 e. The van der Waals surface area contributed by atoms with E-state index in [1.165, 1.54) is 45.4 Å². The van der Waals surface area contributed by atoms with Crippen LogP contribution < -0.4 is 10.9 Å². The van der Waals surface area contributed by atoms with Gasteiger partial charge in [0.15, 0.2) is 0 Å². The molecule has 1 aliphatic heterocycles. The second kappa shape index (κ2) is 7.81. The van der Waals surface area contributed by atoms with Crippen molar-refractivity contribution in [1.29, 1.82) is 0 Å².